The van der Waals surface area contributed by atoms with Gasteiger partial charge in [0, 0.05) is 92.6 Å². The average molecular weight is 1700 g/mol. The molecule has 2 aliphatic carbocycles. The Kier molecular flexibility index (Phi) is 35.0. The third kappa shape index (κ3) is 26.0. The van der Waals surface area contributed by atoms with Gasteiger partial charge in [0.25, 0.3) is 17.7 Å². The fourth-order valence-electron chi connectivity index (χ4n) is 15.6. The predicted octanol–water partition coefficient (Wildman–Crippen LogP) is 5.76. The van der Waals surface area contributed by atoms with Gasteiger partial charge < -0.3 is 94.5 Å². The van der Waals surface area contributed by atoms with Gasteiger partial charge in [-0.25, -0.2) is 19.3 Å². The quantitative estimate of drug-likeness (QED) is 0.0138. The summed E-state index contributed by atoms with van der Waals surface area (Å²) in [5.41, 5.74) is 10.8. The zero-order valence-corrected chi connectivity index (χ0v) is 70.5. The summed E-state index contributed by atoms with van der Waals surface area (Å²) in [4.78, 5) is 160. The molecule has 37 nitrogen and oxygen atoms in total. The van der Waals surface area contributed by atoms with Crippen LogP contribution < -0.4 is 52.2 Å². The number of nitrogens with zero attached hydrogens (tertiary/aromatic N) is 10. The number of primary amides is 1. The smallest absolute Gasteiger partial charge is 0.410 e. The number of benzene rings is 3. The first-order valence-electron chi connectivity index (χ1n) is 42.3. The molecule has 6 aliphatic rings. The number of rotatable bonds is 47. The molecule has 662 valence electrons. The molecule has 6 heterocycles. The number of carbonyl (C=O) groups excluding carboxylic acids is 11. The molecule has 3 fully saturated rings. The molecule has 0 bridgehead atoms. The number of hydrogen-bond donors (Lipinski definition) is 7. The molecule has 5 aromatic rings. The van der Waals surface area contributed by atoms with Crippen molar-refractivity contribution in [1.82, 2.24) is 60.9 Å². The van der Waals surface area contributed by atoms with Gasteiger partial charge in [-0.2, -0.15) is 4.98 Å². The molecule has 0 spiro atoms. The largest absolute Gasteiger partial charge is 0.495 e. The Morgan fingerprint density at radius 2 is 1.42 bits per heavy atom. The first kappa shape index (κ1) is 92.2. The van der Waals surface area contributed by atoms with Crippen molar-refractivity contribution in [3.05, 3.63) is 107 Å². The molecule has 2 saturated carbocycles. The van der Waals surface area contributed by atoms with E-state index in [-0.39, 0.29) is 158 Å². The number of fused-ring (bicyclic) bond motifs is 2. The lowest BCUT2D eigenvalue weighted by Crippen LogP contribution is -2.55. The maximum Gasteiger partial charge on any atom is 0.410 e. The minimum Gasteiger partial charge on any atom is -0.495 e. The number of piperidine rings is 1. The average Bonchev–Trinajstić information content (AvgIpc) is 1.76. The van der Waals surface area contributed by atoms with Gasteiger partial charge in [0.2, 0.25) is 41.4 Å². The molecule has 123 heavy (non-hydrogen) atoms. The number of ether oxygens (including phenoxy) is 9. The third-order valence-corrected chi connectivity index (χ3v) is 22.2. The fourth-order valence-corrected chi connectivity index (χ4v) is 15.6. The zero-order chi connectivity index (χ0) is 87.2. The van der Waals surface area contributed by atoms with E-state index in [0.717, 1.165) is 42.0 Å². The lowest BCUT2D eigenvalue weighted by atomic mass is 9.90. The van der Waals surface area contributed by atoms with Crippen LogP contribution in [0.3, 0.4) is 0 Å². The number of hydrogen-bond acceptors (Lipinski definition) is 26. The summed E-state index contributed by atoms with van der Waals surface area (Å²) >= 11 is 0. The second-order valence-electron chi connectivity index (χ2n) is 30.9. The monoisotopic (exact) mass is 1700 g/mol. The number of aromatic nitrogens is 5. The van der Waals surface area contributed by atoms with Gasteiger partial charge in [-0.3, -0.25) is 53.4 Å². The van der Waals surface area contributed by atoms with Crippen molar-refractivity contribution < 1.29 is 95.4 Å². The van der Waals surface area contributed by atoms with Gasteiger partial charge in [-0.05, 0) is 118 Å². The fraction of sp³-hybridized carbons (Fsp3) is 0.547. The third-order valence-electron chi connectivity index (χ3n) is 22.2. The summed E-state index contributed by atoms with van der Waals surface area (Å²) in [6.45, 7) is 9.94. The Morgan fingerprint density at radius 3 is 2.08 bits per heavy atom. The molecule has 4 aliphatic heterocycles. The molecule has 8 N–H and O–H groups in total. The van der Waals surface area contributed by atoms with Crippen LogP contribution in [0.5, 0.6) is 5.75 Å². The number of urea groups is 1. The molecule has 1 unspecified atom stereocenters. The topological polar surface area (TPSA) is 442 Å². The molecule has 3 aromatic carbocycles. The van der Waals surface area contributed by atoms with Crippen LogP contribution in [0, 0.1) is 17.8 Å². The summed E-state index contributed by atoms with van der Waals surface area (Å²) in [5, 5.41) is 25.8. The van der Waals surface area contributed by atoms with Crippen molar-refractivity contribution in [3.8, 4) is 28.8 Å². The van der Waals surface area contributed by atoms with Gasteiger partial charge in [-0.1, -0.05) is 74.9 Å². The Labute approximate surface area is 714 Å². The van der Waals surface area contributed by atoms with Gasteiger partial charge in [-0.15, -0.1) is 5.10 Å². The minimum absolute atomic E-state index is 0.0374. The first-order valence-corrected chi connectivity index (χ1v) is 42.3. The highest BCUT2D eigenvalue weighted by molar-refractivity contribution is 6.13. The summed E-state index contributed by atoms with van der Waals surface area (Å²) in [7, 11) is 3.36. The van der Waals surface area contributed by atoms with Gasteiger partial charge in [0.05, 0.1) is 130 Å². The first-order chi connectivity index (χ1) is 59.7. The predicted molar refractivity (Wildman–Crippen MR) is 449 cm³/mol. The second-order valence-corrected chi connectivity index (χ2v) is 30.9. The standard InChI is InChI=1S/C86H113N17O20/c1-6-69-83(112)98(4)71-52-89-85(95-78(71)103(69)63-15-7-8-16-63)92-66-28-21-59(51-72(66)115-5)68-54-102(97-96-68)62-26-24-61(25-27-62)99(35-39-116-37-10-9-13-58-14-11-17-64-65(58)53-101(82(64)111)70-29-30-73(104)94-80(70)109)86(114)123-55-57-19-22-60(23-20-57)90-79(108)67(18-12-34-88-84(87)113)91-81(110)77(56(2)3)93-74(105)33-38-117-41-43-119-45-47-121-49-50-122-48-46-120-44-42-118-40-36-100-75(106)31-32-76(100)107/h11,14,17,19-23,28,31-32,51-52,54,56,61-63,67,69-70,77H,6-8,10,12,15-16,18,24-27,29-30,33-50,53,55H2,1-5H3,(H,90,108)(H,91,110)(H,93,105)(H3,87,88,113)(H,89,92,95)(H,94,104,109)/t61-,62+,67-,69+,70?,77-/m0/s1. The van der Waals surface area contributed by atoms with E-state index in [1.165, 1.54) is 17.1 Å². The minimum atomic E-state index is -1.12. The molecule has 4 atom stereocenters. The number of anilines is 5. The van der Waals surface area contributed by atoms with Crippen molar-refractivity contribution in [3.63, 3.8) is 0 Å². The Balaban J connectivity index is 0.643. The van der Waals surface area contributed by atoms with Crippen molar-refractivity contribution in [1.29, 1.82) is 0 Å². The molecule has 37 heteroatoms. The molecule has 11 rings (SSSR count). The number of likely N-dealkylation sites (N-methyl/N-ethyl adjacent to an activating group) is 1. The van der Waals surface area contributed by atoms with Gasteiger partial charge >= 0.3 is 12.1 Å². The summed E-state index contributed by atoms with van der Waals surface area (Å²) in [6, 6.07) is 13.6. The van der Waals surface area contributed by atoms with E-state index in [1.54, 1.807) is 80.4 Å². The maximum absolute atomic E-state index is 14.5. The Morgan fingerprint density at radius 1 is 0.748 bits per heavy atom. The highest BCUT2D eigenvalue weighted by Gasteiger charge is 2.43. The lowest BCUT2D eigenvalue weighted by Gasteiger charge is -2.43. The summed E-state index contributed by atoms with van der Waals surface area (Å²) < 4.78 is 53.1. The van der Waals surface area contributed by atoms with E-state index < -0.39 is 59.8 Å². The van der Waals surface area contributed by atoms with Crippen LogP contribution in [0.1, 0.15) is 150 Å². The van der Waals surface area contributed by atoms with Crippen LogP contribution in [-0.2, 0) is 89.4 Å². The number of methoxy groups -OCH3 is 1. The van der Waals surface area contributed by atoms with Crippen LogP contribution in [-0.4, -0.2) is 267 Å². The van der Waals surface area contributed by atoms with E-state index in [9.17, 15) is 52.7 Å². The Bertz CT molecular complexity index is 4560. The molecule has 2 aromatic heterocycles. The van der Waals surface area contributed by atoms with Crippen LogP contribution in [0.15, 0.2) is 85.2 Å². The molecule has 12 amide bonds. The summed E-state index contributed by atoms with van der Waals surface area (Å²) in [6.07, 6.45) is 13.9. The van der Waals surface area contributed by atoms with Gasteiger partial charge in [0.15, 0.2) is 5.82 Å². The molecule has 1 saturated heterocycles. The van der Waals surface area contributed by atoms with Crippen LogP contribution in [0.2, 0.25) is 0 Å². The molecular formula is C86H113N17O20. The number of carbonyl (C=O) groups is 11. The highest BCUT2D eigenvalue weighted by Crippen LogP contribution is 2.42. The number of nitrogens with one attached hydrogen (secondary N) is 6. The number of nitrogens with two attached hydrogens (primary N) is 1. The highest BCUT2D eigenvalue weighted by atomic mass is 16.6. The number of amides is 12. The normalized spacial score (nSPS) is 18.1. The van der Waals surface area contributed by atoms with Crippen LogP contribution in [0.25, 0.3) is 11.3 Å². The second kappa shape index (κ2) is 46.6. The van der Waals surface area contributed by atoms with E-state index in [4.69, 9.17) is 53.3 Å². The zero-order valence-electron chi connectivity index (χ0n) is 70.5. The van der Waals surface area contributed by atoms with Crippen LogP contribution >= 0.6 is 0 Å². The lowest BCUT2D eigenvalue weighted by molar-refractivity contribution is -0.138. The van der Waals surface area contributed by atoms with E-state index >= 15 is 0 Å². The Hall–Kier alpha value is -11.5. The van der Waals surface area contributed by atoms with Crippen LogP contribution in [0.4, 0.5) is 38.4 Å². The molecular weight excluding hydrogens is 1590 g/mol. The SMILES string of the molecule is CC[C@@H]1C(=O)N(C)c2cnc(Nc3ccc(-c4cn([C@H]5CC[C@@H](N(CCOCCC#Cc6cccc7c6CN(C6CCC(=O)NC6=O)C7=O)C(=O)OCc6ccc(NC(=O)[C@H](CCCNC(N)=O)NC(=O)[C@@H](NC(=O)CCOCCOCCOCCOCCOCCOCCN7C(=O)C=CC7=O)C(C)C)cc6)CC5)nn4)cc3OC)nc2N1C1CCCC1. The number of imide groups is 2. The van der Waals surface area contributed by atoms with Crippen molar-refractivity contribution in [2.24, 2.45) is 11.7 Å². The van der Waals surface area contributed by atoms with E-state index in [2.05, 4.69) is 63.9 Å². The van der Waals surface area contributed by atoms with E-state index in [1.807, 2.05) is 42.1 Å². The summed E-state index contributed by atoms with van der Waals surface area (Å²) in [5.74, 6) is 4.15. The molecule has 0 radical (unpaired) electrons. The van der Waals surface area contributed by atoms with E-state index in [0.29, 0.717) is 148 Å². The van der Waals surface area contributed by atoms with Crippen molar-refractivity contribution in [2.75, 3.05) is 147 Å². The maximum atomic E-state index is 14.5. The van der Waals surface area contributed by atoms with Crippen molar-refractivity contribution in [2.45, 2.75) is 173 Å². The van der Waals surface area contributed by atoms with Gasteiger partial charge in [0.1, 0.15) is 47.9 Å². The van der Waals surface area contributed by atoms with Crippen molar-refractivity contribution >= 4 is 94.1 Å².